The minimum atomic E-state index is -0.780. The minimum Gasteiger partial charge on any atom is -0.462 e. The molecule has 1 atom stereocenters. The number of carbonyl (C=O) groups is 3. The third-order valence-electron chi connectivity index (χ3n) is 14.8. The smallest absolute Gasteiger partial charge is 0.306 e. The zero-order valence-corrected chi connectivity index (χ0v) is 52.8. The molecule has 0 aromatic heterocycles. The molecule has 0 radical (unpaired) electrons. The number of hydrogen-bond acceptors (Lipinski definition) is 6. The van der Waals surface area contributed by atoms with E-state index in [4.69, 9.17) is 14.2 Å². The van der Waals surface area contributed by atoms with Crippen LogP contribution in [0.5, 0.6) is 0 Å². The maximum absolute atomic E-state index is 12.9. The first-order valence-electron chi connectivity index (χ1n) is 34.2. The van der Waals surface area contributed by atoms with Gasteiger partial charge in [-0.3, -0.25) is 14.4 Å². The Balaban J connectivity index is 4.14. The lowest BCUT2D eigenvalue weighted by molar-refractivity contribution is -0.167. The molecule has 1 unspecified atom stereocenters. The van der Waals surface area contributed by atoms with E-state index in [0.717, 1.165) is 109 Å². The van der Waals surface area contributed by atoms with Crippen LogP contribution in [0.15, 0.2) is 97.2 Å². The topological polar surface area (TPSA) is 78.9 Å². The summed E-state index contributed by atoms with van der Waals surface area (Å²) in [5, 5.41) is 0. The zero-order chi connectivity index (χ0) is 57.8. The van der Waals surface area contributed by atoms with E-state index < -0.39 is 6.10 Å². The molecule has 0 amide bonds. The highest BCUT2D eigenvalue weighted by atomic mass is 16.6. The zero-order valence-electron chi connectivity index (χ0n) is 52.8. The van der Waals surface area contributed by atoms with Gasteiger partial charge in [-0.05, 0) is 103 Å². The Morgan fingerprint density at radius 3 is 0.762 bits per heavy atom. The van der Waals surface area contributed by atoms with Crippen molar-refractivity contribution < 1.29 is 28.6 Å². The van der Waals surface area contributed by atoms with Crippen molar-refractivity contribution in [3.63, 3.8) is 0 Å². The van der Waals surface area contributed by atoms with E-state index in [2.05, 4.69) is 118 Å². The maximum Gasteiger partial charge on any atom is 0.306 e. The summed E-state index contributed by atoms with van der Waals surface area (Å²) < 4.78 is 16.9. The van der Waals surface area contributed by atoms with Crippen LogP contribution in [0.4, 0.5) is 0 Å². The summed E-state index contributed by atoms with van der Waals surface area (Å²) in [7, 11) is 0. The molecule has 0 rings (SSSR count). The molecule has 0 aliphatic heterocycles. The van der Waals surface area contributed by atoms with Crippen molar-refractivity contribution in [1.29, 1.82) is 0 Å². The van der Waals surface area contributed by atoms with Crippen LogP contribution in [0.25, 0.3) is 0 Å². The summed E-state index contributed by atoms with van der Waals surface area (Å²) in [6.07, 6.45) is 91.6. The first-order chi connectivity index (χ1) is 39.5. The average Bonchev–Trinajstić information content (AvgIpc) is 3.46. The summed E-state index contributed by atoms with van der Waals surface area (Å²) in [4.78, 5) is 38.2. The largest absolute Gasteiger partial charge is 0.462 e. The molecule has 0 saturated heterocycles. The molecule has 80 heavy (non-hydrogen) atoms. The second kappa shape index (κ2) is 67.8. The van der Waals surface area contributed by atoms with Crippen LogP contribution < -0.4 is 0 Å². The van der Waals surface area contributed by atoms with Crippen LogP contribution in [-0.4, -0.2) is 37.2 Å². The van der Waals surface area contributed by atoms with Crippen molar-refractivity contribution >= 4 is 17.9 Å². The number of esters is 3. The lowest BCUT2D eigenvalue weighted by Crippen LogP contribution is -2.30. The van der Waals surface area contributed by atoms with E-state index in [1.165, 1.54) is 186 Å². The lowest BCUT2D eigenvalue weighted by Gasteiger charge is -2.18. The highest BCUT2D eigenvalue weighted by molar-refractivity contribution is 5.71. The monoisotopic (exact) mass is 1110 g/mol. The van der Waals surface area contributed by atoms with E-state index in [9.17, 15) is 14.4 Å². The van der Waals surface area contributed by atoms with Crippen LogP contribution >= 0.6 is 0 Å². The van der Waals surface area contributed by atoms with Crippen molar-refractivity contribution in [2.75, 3.05) is 13.2 Å². The van der Waals surface area contributed by atoms with E-state index in [0.29, 0.717) is 19.3 Å². The van der Waals surface area contributed by atoms with Gasteiger partial charge in [-0.2, -0.15) is 0 Å². The van der Waals surface area contributed by atoms with Gasteiger partial charge in [-0.15, -0.1) is 0 Å². The number of hydrogen-bond donors (Lipinski definition) is 0. The normalized spacial score (nSPS) is 12.7. The molecule has 0 fully saturated rings. The second-order valence-corrected chi connectivity index (χ2v) is 22.7. The van der Waals surface area contributed by atoms with Gasteiger partial charge >= 0.3 is 17.9 Å². The number of carbonyl (C=O) groups excluding carboxylic acids is 3. The van der Waals surface area contributed by atoms with Gasteiger partial charge in [0.25, 0.3) is 0 Å². The quantitative estimate of drug-likeness (QED) is 0.0261. The van der Waals surface area contributed by atoms with Crippen molar-refractivity contribution in [3.8, 4) is 0 Å². The summed E-state index contributed by atoms with van der Waals surface area (Å²) in [6.45, 7) is 6.51. The molecular weight excluding hydrogens is 985 g/mol. The minimum absolute atomic E-state index is 0.0774. The summed E-state index contributed by atoms with van der Waals surface area (Å²) in [5.41, 5.74) is 0. The average molecular weight is 1110 g/mol. The number of rotatable bonds is 62. The fraction of sp³-hybridized carbons (Fsp3) is 0.743. The van der Waals surface area contributed by atoms with Crippen molar-refractivity contribution in [2.24, 2.45) is 0 Å². The maximum atomic E-state index is 12.9. The third-order valence-corrected chi connectivity index (χ3v) is 14.8. The molecule has 0 aromatic rings. The summed E-state index contributed by atoms with van der Waals surface area (Å²) in [6, 6.07) is 0. The third kappa shape index (κ3) is 65.1. The van der Waals surface area contributed by atoms with Crippen LogP contribution in [-0.2, 0) is 28.6 Å². The van der Waals surface area contributed by atoms with E-state index in [1.54, 1.807) is 0 Å². The van der Waals surface area contributed by atoms with Crippen LogP contribution in [0.1, 0.15) is 335 Å². The van der Waals surface area contributed by atoms with Gasteiger partial charge in [0.15, 0.2) is 6.10 Å². The van der Waals surface area contributed by atoms with E-state index in [-0.39, 0.29) is 31.1 Å². The molecule has 0 aromatic carbocycles. The van der Waals surface area contributed by atoms with Gasteiger partial charge in [0.2, 0.25) is 0 Å². The molecule has 0 saturated carbocycles. The van der Waals surface area contributed by atoms with Gasteiger partial charge in [0, 0.05) is 19.3 Å². The molecule has 0 aliphatic carbocycles. The first-order valence-corrected chi connectivity index (χ1v) is 34.2. The lowest BCUT2D eigenvalue weighted by atomic mass is 10.0. The SMILES string of the molecule is CC/C=C\C/C=C\C/C=C\C/C=C\C/C=C\CCCCCCCCCCCC(=O)OC(COC(=O)CCCCCCCCCC)COC(=O)CCCCCCCCCCCCCCCC/C=C\C/C=C\C/C=C\CCCCCCC. The number of unbranched alkanes of at least 4 members (excludes halogenated alkanes) is 35. The second-order valence-electron chi connectivity index (χ2n) is 22.7. The molecule has 6 nitrogen and oxygen atoms in total. The Kier molecular flexibility index (Phi) is 64.7. The van der Waals surface area contributed by atoms with Gasteiger partial charge in [0.05, 0.1) is 0 Å². The van der Waals surface area contributed by atoms with Crippen LogP contribution in [0.3, 0.4) is 0 Å². The van der Waals surface area contributed by atoms with Crippen LogP contribution in [0.2, 0.25) is 0 Å². The van der Waals surface area contributed by atoms with Crippen molar-refractivity contribution in [2.45, 2.75) is 341 Å². The molecule has 6 heteroatoms. The van der Waals surface area contributed by atoms with E-state index in [1.807, 2.05) is 0 Å². The predicted molar refractivity (Wildman–Crippen MR) is 348 cm³/mol. The Bertz CT molecular complexity index is 1560. The molecule has 0 N–H and O–H groups in total. The Morgan fingerprint density at radius 2 is 0.487 bits per heavy atom. The van der Waals surface area contributed by atoms with E-state index >= 15 is 0 Å². The van der Waals surface area contributed by atoms with Crippen LogP contribution in [0, 0.1) is 0 Å². The fourth-order valence-electron chi connectivity index (χ4n) is 9.71. The number of allylic oxidation sites excluding steroid dienone is 16. The van der Waals surface area contributed by atoms with Gasteiger partial charge in [0.1, 0.15) is 13.2 Å². The van der Waals surface area contributed by atoms with Gasteiger partial charge in [-0.25, -0.2) is 0 Å². The Morgan fingerprint density at radius 1 is 0.263 bits per heavy atom. The van der Waals surface area contributed by atoms with Gasteiger partial charge in [-0.1, -0.05) is 311 Å². The molecule has 460 valence electrons. The Hall–Kier alpha value is -3.67. The van der Waals surface area contributed by atoms with Crippen molar-refractivity contribution in [3.05, 3.63) is 97.2 Å². The van der Waals surface area contributed by atoms with Crippen molar-refractivity contribution in [1.82, 2.24) is 0 Å². The first kappa shape index (κ1) is 76.3. The van der Waals surface area contributed by atoms with Gasteiger partial charge < -0.3 is 14.2 Å². The molecule has 0 aliphatic rings. The molecule has 0 heterocycles. The predicted octanol–water partition coefficient (Wildman–Crippen LogP) is 23.6. The Labute approximate surface area is 496 Å². The summed E-state index contributed by atoms with van der Waals surface area (Å²) >= 11 is 0. The molecular formula is C74H128O6. The highest BCUT2D eigenvalue weighted by Gasteiger charge is 2.19. The fourth-order valence-corrected chi connectivity index (χ4v) is 9.71. The molecule has 0 bridgehead atoms. The molecule has 0 spiro atoms. The highest BCUT2D eigenvalue weighted by Crippen LogP contribution is 2.17. The standard InChI is InChI=1S/C74H128O6/c1-4-7-10-13-16-19-21-23-25-27-29-31-33-35-36-37-38-40-41-43-45-47-49-51-53-55-58-61-64-67-73(76)79-70-71(69-78-72(75)66-63-60-57-18-15-12-9-6-3)80-74(77)68-65-62-59-56-54-52-50-48-46-44-42-39-34-32-30-28-26-24-22-20-17-14-11-8-5-2/h8,11,17,20-21,23-24,26-27,29-30,32-33,35,39,42,71H,4-7,9-10,12-16,18-19,22,25,28,31,34,36-38,40-41,43-70H2,1-3H3/b11-8-,20-17-,23-21-,26-24-,29-27-,32-30-,35-33-,42-39-. The summed E-state index contributed by atoms with van der Waals surface area (Å²) in [5.74, 6) is -0.876. The number of ether oxygens (including phenoxy) is 3.